The molecule has 9 nitrogen and oxygen atoms in total. The number of hydrogen-bond acceptors (Lipinski definition) is 7. The van der Waals surface area contributed by atoms with Crippen molar-refractivity contribution in [3.63, 3.8) is 0 Å². The molecule has 2 aromatic rings. The summed E-state index contributed by atoms with van der Waals surface area (Å²) in [6.45, 7) is 0.745. The van der Waals surface area contributed by atoms with E-state index in [2.05, 4.69) is 4.98 Å². The van der Waals surface area contributed by atoms with Crippen molar-refractivity contribution in [2.75, 3.05) is 27.7 Å². The maximum atomic E-state index is 13.5. The lowest BCUT2D eigenvalue weighted by atomic mass is 10.1. The molecule has 2 N–H and O–H groups in total. The Morgan fingerprint density at radius 2 is 1.90 bits per heavy atom. The number of carbonyl (C=O) groups is 1. The lowest BCUT2D eigenvalue weighted by molar-refractivity contribution is -0.133. The van der Waals surface area contributed by atoms with E-state index in [0.29, 0.717) is 17.7 Å². The van der Waals surface area contributed by atoms with Crippen LogP contribution in [0.25, 0.3) is 0 Å². The molecule has 0 aliphatic rings. The Hall–Kier alpha value is -2.53. The highest BCUT2D eigenvalue weighted by atomic mass is 32.2. The average molecular weight is 451 g/mol. The van der Waals surface area contributed by atoms with Crippen LogP contribution in [-0.2, 0) is 21.4 Å². The van der Waals surface area contributed by atoms with Gasteiger partial charge >= 0.3 is 0 Å². The second-order valence-electron chi connectivity index (χ2n) is 7.38. The molecule has 0 fully saturated rings. The minimum absolute atomic E-state index is 0.0289. The molecule has 2 rings (SSSR count). The van der Waals surface area contributed by atoms with Gasteiger partial charge in [-0.25, -0.2) is 13.9 Å². The number of methoxy groups -OCH3 is 1. The highest BCUT2D eigenvalue weighted by molar-refractivity contribution is 7.89. The second-order valence-corrected chi connectivity index (χ2v) is 9.27. The van der Waals surface area contributed by atoms with Crippen LogP contribution in [0.3, 0.4) is 0 Å². The molecule has 1 aromatic heterocycles. The van der Waals surface area contributed by atoms with Crippen molar-refractivity contribution in [2.24, 2.45) is 0 Å². The smallest absolute Gasteiger partial charge is 0.261 e. The van der Waals surface area contributed by atoms with E-state index in [9.17, 15) is 18.4 Å². The summed E-state index contributed by atoms with van der Waals surface area (Å²) in [6.07, 6.45) is 4.79. The van der Waals surface area contributed by atoms with Gasteiger partial charge < -0.3 is 9.64 Å². The molecule has 0 aliphatic carbocycles. The fourth-order valence-corrected chi connectivity index (χ4v) is 4.77. The Balaban J connectivity index is 2.40. The fraction of sp³-hybridized carbons (Fsp3) is 0.429. The topological polar surface area (TPSA) is 112 Å². The van der Waals surface area contributed by atoms with Crippen molar-refractivity contribution in [1.82, 2.24) is 19.7 Å². The average Bonchev–Trinajstić information content (AvgIpc) is 2.78. The summed E-state index contributed by atoms with van der Waals surface area (Å²) in [5.41, 5.74) is 2.26. The van der Waals surface area contributed by atoms with Gasteiger partial charge in [0.15, 0.2) is 0 Å². The molecular formula is C21H30N4O5S. The number of amides is 1. The monoisotopic (exact) mass is 450 g/mol. The maximum Gasteiger partial charge on any atom is 0.261 e. The minimum Gasteiger partial charge on any atom is -0.497 e. The third-order valence-electron chi connectivity index (χ3n) is 4.82. The van der Waals surface area contributed by atoms with E-state index in [0.717, 1.165) is 17.3 Å². The highest BCUT2D eigenvalue weighted by Crippen LogP contribution is 2.25. The Kier molecular flexibility index (Phi) is 9.38. The van der Waals surface area contributed by atoms with Gasteiger partial charge in [-0.05, 0) is 69.4 Å². The van der Waals surface area contributed by atoms with Gasteiger partial charge in [-0.15, -0.1) is 0 Å². The Morgan fingerprint density at radius 3 is 2.45 bits per heavy atom. The van der Waals surface area contributed by atoms with Crippen LogP contribution in [0.4, 0.5) is 0 Å². The van der Waals surface area contributed by atoms with E-state index in [4.69, 9.17) is 4.74 Å². The zero-order valence-electron chi connectivity index (χ0n) is 18.1. The molecule has 0 radical (unpaired) electrons. The number of unbranched alkanes of at least 4 members (excludes halogenated alkanes) is 1. The van der Waals surface area contributed by atoms with Crippen LogP contribution in [0.15, 0.2) is 53.7 Å². The molecule has 31 heavy (non-hydrogen) atoms. The van der Waals surface area contributed by atoms with Crippen LogP contribution < -0.4 is 10.2 Å². The Morgan fingerprint density at radius 1 is 1.19 bits per heavy atom. The summed E-state index contributed by atoms with van der Waals surface area (Å²) in [7, 11) is 1.32. The van der Waals surface area contributed by atoms with Crippen LogP contribution >= 0.6 is 0 Å². The third kappa shape index (κ3) is 7.00. The first-order valence-corrected chi connectivity index (χ1v) is 11.4. The van der Waals surface area contributed by atoms with Gasteiger partial charge in [0.2, 0.25) is 10.0 Å². The Bertz CT molecular complexity index is 921. The Labute approximate surface area is 183 Å². The number of rotatable bonds is 12. The van der Waals surface area contributed by atoms with Crippen LogP contribution in [0.5, 0.6) is 5.75 Å². The van der Waals surface area contributed by atoms with Crippen LogP contribution in [0.1, 0.15) is 24.8 Å². The van der Waals surface area contributed by atoms with Gasteiger partial charge in [0.1, 0.15) is 11.8 Å². The zero-order chi connectivity index (χ0) is 22.9. The SMILES string of the molecule is COc1ccc(S(=O)(=O)N(Cc2cccnc2)[C@H](CCCCN(C)C)C(=O)NO)cc1. The van der Waals surface area contributed by atoms with Crippen molar-refractivity contribution in [3.05, 3.63) is 54.4 Å². The van der Waals surface area contributed by atoms with Crippen molar-refractivity contribution in [3.8, 4) is 5.75 Å². The van der Waals surface area contributed by atoms with E-state index < -0.39 is 22.0 Å². The molecule has 10 heteroatoms. The van der Waals surface area contributed by atoms with Gasteiger partial charge in [-0.1, -0.05) is 12.5 Å². The minimum atomic E-state index is -4.06. The summed E-state index contributed by atoms with van der Waals surface area (Å²) in [6, 6.07) is 8.32. The van der Waals surface area contributed by atoms with Crippen molar-refractivity contribution < 1.29 is 23.2 Å². The summed E-state index contributed by atoms with van der Waals surface area (Å²) in [4.78, 5) is 18.6. The first-order valence-electron chi connectivity index (χ1n) is 9.93. The lowest BCUT2D eigenvalue weighted by Gasteiger charge is -2.29. The number of carbonyl (C=O) groups excluding carboxylic acids is 1. The summed E-state index contributed by atoms with van der Waals surface area (Å²) >= 11 is 0. The van der Waals surface area contributed by atoms with Gasteiger partial charge in [0.05, 0.1) is 12.0 Å². The number of aromatic nitrogens is 1. The standard InChI is InChI=1S/C21H30N4O5S/c1-24(2)14-5-4-8-20(21(26)23-27)25(16-17-7-6-13-22-15-17)31(28,29)19-11-9-18(30-3)10-12-19/h6-7,9-13,15,20,27H,4-5,8,14,16H2,1-3H3,(H,23,26)/t20-/m1/s1. The van der Waals surface area contributed by atoms with Crippen molar-refractivity contribution in [2.45, 2.75) is 36.7 Å². The van der Waals surface area contributed by atoms with Crippen LogP contribution in [-0.4, -0.2) is 67.5 Å². The molecule has 0 saturated heterocycles. The van der Waals surface area contributed by atoms with Gasteiger partial charge in [-0.2, -0.15) is 4.31 Å². The maximum absolute atomic E-state index is 13.5. The van der Waals surface area contributed by atoms with E-state index in [1.807, 2.05) is 19.0 Å². The van der Waals surface area contributed by atoms with Crippen molar-refractivity contribution in [1.29, 1.82) is 0 Å². The number of hydrogen-bond donors (Lipinski definition) is 2. The fourth-order valence-electron chi connectivity index (χ4n) is 3.16. The van der Waals surface area contributed by atoms with E-state index in [1.165, 1.54) is 19.2 Å². The second kappa shape index (κ2) is 11.8. The molecule has 1 heterocycles. The third-order valence-corrected chi connectivity index (χ3v) is 6.69. The molecule has 1 amide bonds. The number of nitrogens with one attached hydrogen (secondary N) is 1. The van der Waals surface area contributed by atoms with E-state index in [1.54, 1.807) is 42.1 Å². The van der Waals surface area contributed by atoms with E-state index >= 15 is 0 Å². The predicted molar refractivity (Wildman–Crippen MR) is 116 cm³/mol. The number of hydroxylamine groups is 1. The molecule has 0 aliphatic heterocycles. The lowest BCUT2D eigenvalue weighted by Crippen LogP contribution is -2.48. The molecule has 0 spiro atoms. The predicted octanol–water partition coefficient (Wildman–Crippen LogP) is 1.89. The molecule has 0 saturated carbocycles. The quantitative estimate of drug-likeness (QED) is 0.288. The first kappa shape index (κ1) is 24.7. The van der Waals surface area contributed by atoms with Crippen molar-refractivity contribution >= 4 is 15.9 Å². The first-order chi connectivity index (χ1) is 14.8. The van der Waals surface area contributed by atoms with E-state index in [-0.39, 0.29) is 17.9 Å². The van der Waals surface area contributed by atoms with Gasteiger partial charge in [0.25, 0.3) is 5.91 Å². The zero-order valence-corrected chi connectivity index (χ0v) is 18.9. The summed E-state index contributed by atoms with van der Waals surface area (Å²) in [5.74, 6) is -0.253. The van der Waals surface area contributed by atoms with Crippen LogP contribution in [0, 0.1) is 0 Å². The largest absolute Gasteiger partial charge is 0.497 e. The number of sulfonamides is 1. The normalized spacial score (nSPS) is 12.7. The summed E-state index contributed by atoms with van der Waals surface area (Å²) < 4.78 is 33.3. The van der Waals surface area contributed by atoms with Crippen LogP contribution in [0.2, 0.25) is 0 Å². The molecule has 0 unspecified atom stereocenters. The molecule has 0 bridgehead atoms. The number of benzene rings is 1. The molecule has 1 aromatic carbocycles. The number of nitrogens with zero attached hydrogens (tertiary/aromatic N) is 3. The number of pyridine rings is 1. The number of ether oxygens (including phenoxy) is 1. The highest BCUT2D eigenvalue weighted by Gasteiger charge is 2.35. The molecule has 170 valence electrons. The molecule has 1 atom stereocenters. The van der Waals surface area contributed by atoms with Gasteiger partial charge in [0, 0.05) is 18.9 Å². The van der Waals surface area contributed by atoms with Gasteiger partial charge in [-0.3, -0.25) is 15.0 Å². The molecular weight excluding hydrogens is 420 g/mol. The summed E-state index contributed by atoms with van der Waals surface area (Å²) in [5, 5.41) is 9.31.